The Bertz CT molecular complexity index is 1110. The summed E-state index contributed by atoms with van der Waals surface area (Å²) in [6.07, 6.45) is 5.92. The molecule has 0 fully saturated rings. The van der Waals surface area contributed by atoms with Gasteiger partial charge in [-0.3, -0.25) is 4.79 Å². The average Bonchev–Trinajstić information content (AvgIpc) is 3.29. The molecule has 2 aromatic carbocycles. The molecule has 0 aliphatic carbocycles. The molecule has 0 amide bonds. The van der Waals surface area contributed by atoms with Gasteiger partial charge in [0.05, 0.1) is 30.5 Å². The predicted molar refractivity (Wildman–Crippen MR) is 138 cm³/mol. The van der Waals surface area contributed by atoms with Crippen LogP contribution in [0.25, 0.3) is 0 Å². The molecule has 1 aromatic heterocycles. The minimum atomic E-state index is -0.185. The number of carbonyl (C=O) groups is 1. The Hall–Kier alpha value is -3.08. The lowest BCUT2D eigenvalue weighted by molar-refractivity contribution is 0.0897. The van der Waals surface area contributed by atoms with Crippen LogP contribution in [0.15, 0.2) is 60.8 Å². The Balaban J connectivity index is 1.60. The molecule has 1 unspecified atom stereocenters. The molecule has 2 heterocycles. The summed E-state index contributed by atoms with van der Waals surface area (Å²) >= 11 is 0. The fraction of sp³-hybridized carbons (Fsp3) is 0.448. The lowest BCUT2D eigenvalue weighted by Crippen LogP contribution is -2.38. The molecule has 0 saturated heterocycles. The van der Waals surface area contributed by atoms with Crippen molar-refractivity contribution in [1.29, 1.82) is 0 Å². The van der Waals surface area contributed by atoms with E-state index in [4.69, 9.17) is 4.74 Å². The van der Waals surface area contributed by atoms with Gasteiger partial charge in [0.15, 0.2) is 5.78 Å². The van der Waals surface area contributed by atoms with Gasteiger partial charge in [-0.25, -0.2) is 4.68 Å². The summed E-state index contributed by atoms with van der Waals surface area (Å²) < 4.78 is 7.31. The molecule has 5 nitrogen and oxygen atoms in total. The molecule has 0 radical (unpaired) electrons. The van der Waals surface area contributed by atoms with Gasteiger partial charge in [-0.2, -0.15) is 5.10 Å². The van der Waals surface area contributed by atoms with Crippen molar-refractivity contribution in [2.45, 2.75) is 71.4 Å². The van der Waals surface area contributed by atoms with Crippen molar-refractivity contribution in [3.8, 4) is 5.75 Å². The van der Waals surface area contributed by atoms with Crippen LogP contribution < -0.4 is 10.1 Å². The van der Waals surface area contributed by atoms with Crippen LogP contribution in [0.3, 0.4) is 0 Å². The number of hydrogen-bond donors (Lipinski definition) is 1. The van der Waals surface area contributed by atoms with Gasteiger partial charge in [0, 0.05) is 6.42 Å². The van der Waals surface area contributed by atoms with E-state index in [1.807, 2.05) is 22.9 Å². The van der Waals surface area contributed by atoms with Gasteiger partial charge in [-0.15, -0.1) is 0 Å². The lowest BCUT2D eigenvalue weighted by Gasteiger charge is -2.38. The van der Waals surface area contributed by atoms with Gasteiger partial charge in [0.1, 0.15) is 11.6 Å². The van der Waals surface area contributed by atoms with Crippen LogP contribution in [-0.4, -0.2) is 22.7 Å². The lowest BCUT2D eigenvalue weighted by atomic mass is 9.72. The van der Waals surface area contributed by atoms with Crippen molar-refractivity contribution in [1.82, 2.24) is 9.78 Å². The molecule has 5 heteroatoms. The Morgan fingerprint density at radius 1 is 1.12 bits per heavy atom. The number of fused-ring (bicyclic) bond motifs is 1. The number of aromatic nitrogens is 2. The molecule has 0 spiro atoms. The predicted octanol–water partition coefficient (Wildman–Crippen LogP) is 6.81. The van der Waals surface area contributed by atoms with Gasteiger partial charge < -0.3 is 10.1 Å². The molecule has 34 heavy (non-hydrogen) atoms. The summed E-state index contributed by atoms with van der Waals surface area (Å²) in [5.74, 6) is 1.86. The Labute approximate surface area is 203 Å². The van der Waals surface area contributed by atoms with Crippen LogP contribution in [0.4, 0.5) is 5.82 Å². The van der Waals surface area contributed by atoms with Crippen molar-refractivity contribution in [2.24, 2.45) is 5.41 Å². The number of ketones is 1. The van der Waals surface area contributed by atoms with Gasteiger partial charge in [0.2, 0.25) is 0 Å². The van der Waals surface area contributed by atoms with E-state index in [0.717, 1.165) is 37.3 Å². The summed E-state index contributed by atoms with van der Waals surface area (Å²) in [6.45, 7) is 8.78. The van der Waals surface area contributed by atoms with Crippen LogP contribution in [0, 0.1) is 5.41 Å². The van der Waals surface area contributed by atoms with E-state index in [1.165, 1.54) is 11.1 Å². The zero-order valence-electron chi connectivity index (χ0n) is 21.1. The fourth-order valence-corrected chi connectivity index (χ4v) is 5.26. The second-order valence-electron chi connectivity index (χ2n) is 10.3. The number of nitrogens with zero attached hydrogens (tertiary/aromatic N) is 2. The summed E-state index contributed by atoms with van der Waals surface area (Å²) in [5.41, 5.74) is 2.89. The first-order valence-corrected chi connectivity index (χ1v) is 12.4. The highest BCUT2D eigenvalue weighted by Gasteiger charge is 2.38. The zero-order chi connectivity index (χ0) is 24.3. The number of nitrogens with one attached hydrogen (secondary N) is 1. The second kappa shape index (κ2) is 9.65. The SMILES string of the molecule is CCC(CC)(CC(=O)c1cnn2c1NC(c1ccccc1)CC2(C)C)Cc1ccc(OC)cc1. The van der Waals surface area contributed by atoms with E-state index in [9.17, 15) is 4.79 Å². The first kappa shape index (κ1) is 24.1. The number of carbonyl (C=O) groups excluding carboxylic acids is 1. The normalized spacial score (nSPS) is 17.0. The van der Waals surface area contributed by atoms with Gasteiger partial charge in [-0.1, -0.05) is 56.3 Å². The van der Waals surface area contributed by atoms with E-state index in [1.54, 1.807) is 13.3 Å². The molecular weight excluding hydrogens is 422 g/mol. The van der Waals surface area contributed by atoms with Gasteiger partial charge >= 0.3 is 0 Å². The number of Topliss-reactive ketones (excluding diaryl/α,β-unsaturated/α-hetero) is 1. The molecule has 3 aromatic rings. The minimum Gasteiger partial charge on any atom is -0.497 e. The van der Waals surface area contributed by atoms with Crippen molar-refractivity contribution in [3.05, 3.63) is 77.5 Å². The van der Waals surface area contributed by atoms with Crippen LogP contribution in [0.2, 0.25) is 0 Å². The number of rotatable bonds is 9. The van der Waals surface area contributed by atoms with Crippen LogP contribution >= 0.6 is 0 Å². The van der Waals surface area contributed by atoms with Gasteiger partial charge in [-0.05, 0) is 68.2 Å². The molecule has 0 saturated carbocycles. The van der Waals surface area contributed by atoms with Crippen LogP contribution in [0.5, 0.6) is 5.75 Å². The summed E-state index contributed by atoms with van der Waals surface area (Å²) in [4.78, 5) is 13.7. The van der Waals surface area contributed by atoms with Crippen LogP contribution in [0.1, 0.15) is 80.9 Å². The van der Waals surface area contributed by atoms with Crippen molar-refractivity contribution in [3.63, 3.8) is 0 Å². The standard InChI is InChI=1S/C29H37N3O2/c1-6-29(7-2,17-21-13-15-23(34-5)16-14-21)19-26(33)24-20-30-32-27(24)31-25(18-28(32,3)4)22-11-9-8-10-12-22/h8-16,20,25,31H,6-7,17-19H2,1-5H3. The molecule has 0 bridgehead atoms. The van der Waals surface area contributed by atoms with Crippen molar-refractivity contribution in [2.75, 3.05) is 12.4 Å². The molecule has 1 aliphatic heterocycles. The largest absolute Gasteiger partial charge is 0.497 e. The maximum atomic E-state index is 13.7. The third-order valence-electron chi connectivity index (χ3n) is 7.63. The second-order valence-corrected chi connectivity index (χ2v) is 10.3. The van der Waals surface area contributed by atoms with E-state index < -0.39 is 0 Å². The minimum absolute atomic E-state index is 0.0937. The Morgan fingerprint density at radius 3 is 2.41 bits per heavy atom. The Kier molecular flexibility index (Phi) is 6.83. The molecule has 4 rings (SSSR count). The summed E-state index contributed by atoms with van der Waals surface area (Å²) in [7, 11) is 1.68. The first-order chi connectivity index (χ1) is 16.3. The zero-order valence-corrected chi connectivity index (χ0v) is 21.1. The molecule has 1 aliphatic rings. The quantitative estimate of drug-likeness (QED) is 0.357. The average molecular weight is 460 g/mol. The van der Waals surface area contributed by atoms with Crippen molar-refractivity contribution < 1.29 is 9.53 Å². The van der Waals surface area contributed by atoms with E-state index in [0.29, 0.717) is 12.0 Å². The molecule has 1 N–H and O–H groups in total. The summed E-state index contributed by atoms with van der Waals surface area (Å²) in [6, 6.07) is 18.8. The highest BCUT2D eigenvalue weighted by atomic mass is 16.5. The number of hydrogen-bond acceptors (Lipinski definition) is 4. The van der Waals surface area contributed by atoms with Crippen LogP contribution in [-0.2, 0) is 12.0 Å². The smallest absolute Gasteiger partial charge is 0.168 e. The third-order valence-corrected chi connectivity index (χ3v) is 7.63. The number of benzene rings is 2. The maximum Gasteiger partial charge on any atom is 0.168 e. The summed E-state index contributed by atoms with van der Waals surface area (Å²) in [5, 5.41) is 8.31. The maximum absolute atomic E-state index is 13.7. The molecule has 1 atom stereocenters. The van der Waals surface area contributed by atoms with Crippen molar-refractivity contribution >= 4 is 11.6 Å². The Morgan fingerprint density at radius 2 is 1.79 bits per heavy atom. The highest BCUT2D eigenvalue weighted by Crippen LogP contribution is 2.42. The highest BCUT2D eigenvalue weighted by molar-refractivity contribution is 6.01. The molecule has 180 valence electrons. The number of ether oxygens (including phenoxy) is 1. The fourth-order valence-electron chi connectivity index (χ4n) is 5.26. The van der Waals surface area contributed by atoms with Gasteiger partial charge in [0.25, 0.3) is 0 Å². The van der Waals surface area contributed by atoms with E-state index in [2.05, 4.69) is 74.5 Å². The number of methoxy groups -OCH3 is 1. The number of anilines is 1. The topological polar surface area (TPSA) is 56.2 Å². The van der Waals surface area contributed by atoms with E-state index >= 15 is 0 Å². The van der Waals surface area contributed by atoms with E-state index in [-0.39, 0.29) is 22.8 Å². The first-order valence-electron chi connectivity index (χ1n) is 12.4. The molecular formula is C29H37N3O2. The third kappa shape index (κ3) is 4.75. The monoisotopic (exact) mass is 459 g/mol.